The Morgan fingerprint density at radius 1 is 0.521 bits per heavy atom. The number of hydrogen-bond donors (Lipinski definition) is 1. The summed E-state index contributed by atoms with van der Waals surface area (Å²) >= 11 is 0. The zero-order valence-electron chi connectivity index (χ0n) is 25.6. The van der Waals surface area contributed by atoms with Crippen LogP contribution in [0.3, 0.4) is 0 Å². The van der Waals surface area contributed by atoms with E-state index in [1.165, 1.54) is 21.5 Å². The van der Waals surface area contributed by atoms with Gasteiger partial charge in [0, 0.05) is 55.0 Å². The van der Waals surface area contributed by atoms with Gasteiger partial charge in [-0.3, -0.25) is 0 Å². The van der Waals surface area contributed by atoms with Crippen molar-refractivity contribution >= 4 is 76.6 Å². The lowest BCUT2D eigenvalue weighted by Crippen LogP contribution is -1.94. The first-order chi connectivity index (χ1) is 23.8. The minimum absolute atomic E-state index is 0.613. The monoisotopic (exact) mass is 615 g/mol. The summed E-state index contributed by atoms with van der Waals surface area (Å²) < 4.78 is 15.2. The largest absolute Gasteiger partial charge is 0.456 e. The average molecular weight is 616 g/mol. The number of rotatable bonds is 3. The van der Waals surface area contributed by atoms with Crippen LogP contribution in [0, 0.1) is 0 Å². The fraction of sp³-hybridized carbons (Fsp3) is 0. The van der Waals surface area contributed by atoms with Crippen LogP contribution in [-0.2, 0) is 0 Å². The van der Waals surface area contributed by atoms with Crippen molar-refractivity contribution in [2.75, 3.05) is 0 Å². The maximum Gasteiger partial charge on any atom is 0.227 e. The summed E-state index contributed by atoms with van der Waals surface area (Å²) in [6.07, 6.45) is 0. The van der Waals surface area contributed by atoms with Crippen molar-refractivity contribution < 1.29 is 8.83 Å². The Balaban J connectivity index is 1.15. The van der Waals surface area contributed by atoms with Crippen molar-refractivity contribution in [3.8, 4) is 28.3 Å². The van der Waals surface area contributed by atoms with E-state index < -0.39 is 0 Å². The molecule has 0 radical (unpaired) electrons. The van der Waals surface area contributed by atoms with Crippen molar-refractivity contribution in [3.05, 3.63) is 146 Å². The topological polar surface area (TPSA) is 59.9 Å². The molecule has 0 amide bonds. The number of fused-ring (bicyclic) bond motifs is 11. The van der Waals surface area contributed by atoms with E-state index in [-0.39, 0.29) is 0 Å². The number of hydrogen-bond acceptors (Lipinski definition) is 3. The van der Waals surface area contributed by atoms with Crippen LogP contribution in [0.25, 0.3) is 105 Å². The highest BCUT2D eigenvalue weighted by Gasteiger charge is 2.20. The number of nitrogens with one attached hydrogen (secondary N) is 1. The summed E-state index contributed by atoms with van der Waals surface area (Å²) in [5.74, 6) is 0.613. The minimum Gasteiger partial charge on any atom is -0.456 e. The molecule has 0 aliphatic carbocycles. The van der Waals surface area contributed by atoms with Crippen molar-refractivity contribution in [2.45, 2.75) is 0 Å². The molecule has 11 rings (SSSR count). The first kappa shape index (κ1) is 25.6. The lowest BCUT2D eigenvalue weighted by Gasteiger charge is -2.09. The van der Waals surface area contributed by atoms with Crippen LogP contribution in [0.5, 0.6) is 0 Å². The zero-order valence-corrected chi connectivity index (χ0v) is 25.6. The molecule has 0 saturated carbocycles. The quantitative estimate of drug-likeness (QED) is 0.215. The van der Waals surface area contributed by atoms with E-state index in [1.54, 1.807) is 0 Å². The van der Waals surface area contributed by atoms with E-state index in [2.05, 4.69) is 107 Å². The predicted octanol–water partition coefficient (Wildman–Crippen LogP) is 11.8. The Morgan fingerprint density at radius 3 is 2.19 bits per heavy atom. The van der Waals surface area contributed by atoms with Gasteiger partial charge in [-0.2, -0.15) is 0 Å². The van der Waals surface area contributed by atoms with E-state index in [1.807, 2.05) is 48.5 Å². The first-order valence-corrected chi connectivity index (χ1v) is 16.1. The molecular formula is C43H25N3O2. The molecule has 0 aliphatic rings. The number of aromatic amines is 1. The number of oxazole rings is 1. The van der Waals surface area contributed by atoms with Crippen molar-refractivity contribution in [1.29, 1.82) is 0 Å². The van der Waals surface area contributed by atoms with Gasteiger partial charge in [-0.25, -0.2) is 4.98 Å². The van der Waals surface area contributed by atoms with Crippen molar-refractivity contribution in [1.82, 2.24) is 14.5 Å². The molecule has 1 N–H and O–H groups in total. The molecule has 0 unspecified atom stereocenters. The van der Waals surface area contributed by atoms with Crippen LogP contribution in [0.2, 0.25) is 0 Å². The summed E-state index contributed by atoms with van der Waals surface area (Å²) in [6.45, 7) is 0. The summed E-state index contributed by atoms with van der Waals surface area (Å²) in [7, 11) is 0. The van der Waals surface area contributed by atoms with Gasteiger partial charge >= 0.3 is 0 Å². The first-order valence-electron chi connectivity index (χ1n) is 16.1. The van der Waals surface area contributed by atoms with Crippen LogP contribution in [0.1, 0.15) is 0 Å². The number of para-hydroxylation sites is 3. The van der Waals surface area contributed by atoms with Gasteiger partial charge in [-0.1, -0.05) is 91.0 Å². The molecule has 0 aliphatic heterocycles. The van der Waals surface area contributed by atoms with Crippen LogP contribution >= 0.6 is 0 Å². The molecule has 0 bridgehead atoms. The third kappa shape index (κ3) is 3.47. The van der Waals surface area contributed by atoms with Gasteiger partial charge in [-0.15, -0.1) is 0 Å². The SMILES string of the molecule is c1ccc(-c2nc3c(-c4cccc5oc6cc(-n7c8ccccc8c8ccc9c%10ccccc%10[nH]c9c87)ccc6c45)cccc3o2)cc1. The maximum absolute atomic E-state index is 6.63. The van der Waals surface area contributed by atoms with Gasteiger partial charge in [0.25, 0.3) is 0 Å². The molecule has 4 heterocycles. The van der Waals surface area contributed by atoms with Gasteiger partial charge in [0.05, 0.1) is 22.2 Å². The summed E-state index contributed by atoms with van der Waals surface area (Å²) in [6, 6.07) is 50.7. The molecule has 48 heavy (non-hydrogen) atoms. The Bertz CT molecular complexity index is 3070. The highest BCUT2D eigenvalue weighted by molar-refractivity contribution is 6.23. The van der Waals surface area contributed by atoms with Crippen molar-refractivity contribution in [3.63, 3.8) is 0 Å². The third-order valence-corrected chi connectivity index (χ3v) is 9.78. The van der Waals surface area contributed by atoms with Crippen LogP contribution in [-0.4, -0.2) is 14.5 Å². The van der Waals surface area contributed by atoms with Gasteiger partial charge < -0.3 is 18.4 Å². The second-order valence-electron chi connectivity index (χ2n) is 12.4. The highest BCUT2D eigenvalue weighted by atomic mass is 16.3. The van der Waals surface area contributed by atoms with Gasteiger partial charge in [-0.05, 0) is 54.1 Å². The molecule has 0 fully saturated rings. The molecule has 7 aromatic carbocycles. The molecule has 11 aromatic rings. The lowest BCUT2D eigenvalue weighted by atomic mass is 9.98. The maximum atomic E-state index is 6.63. The van der Waals surface area contributed by atoms with E-state index in [9.17, 15) is 0 Å². The predicted molar refractivity (Wildman–Crippen MR) is 196 cm³/mol. The minimum atomic E-state index is 0.613. The fourth-order valence-electron chi connectivity index (χ4n) is 7.69. The smallest absolute Gasteiger partial charge is 0.227 e. The summed E-state index contributed by atoms with van der Waals surface area (Å²) in [5.41, 5.74) is 11.9. The van der Waals surface area contributed by atoms with E-state index in [0.717, 1.165) is 77.5 Å². The van der Waals surface area contributed by atoms with Crippen LogP contribution in [0.15, 0.2) is 154 Å². The Hall–Kier alpha value is -6.59. The third-order valence-electron chi connectivity index (χ3n) is 9.78. The molecule has 0 saturated heterocycles. The molecular weight excluding hydrogens is 590 g/mol. The molecule has 5 heteroatoms. The van der Waals surface area contributed by atoms with Crippen LogP contribution in [0.4, 0.5) is 0 Å². The molecule has 5 nitrogen and oxygen atoms in total. The number of H-pyrrole nitrogens is 1. The molecule has 0 atom stereocenters. The normalized spacial score (nSPS) is 12.2. The number of benzene rings is 7. The molecule has 0 spiro atoms. The van der Waals surface area contributed by atoms with Gasteiger partial charge in [0.2, 0.25) is 5.89 Å². The Kier molecular flexibility index (Phi) is 5.05. The van der Waals surface area contributed by atoms with Crippen LogP contribution < -0.4 is 0 Å². The van der Waals surface area contributed by atoms with E-state index >= 15 is 0 Å². The average Bonchev–Trinajstić information content (AvgIpc) is 3.91. The Labute approximate surface area is 273 Å². The number of furan rings is 1. The molecule has 4 aromatic heterocycles. The highest BCUT2D eigenvalue weighted by Crippen LogP contribution is 2.42. The standard InChI is InChI=1S/C43H25N3O2/c1-2-10-25(11-3-1)43-45-40-30(15-9-19-37(40)48-43)29-14-8-18-36-39(29)33-21-20-26(24-38(33)47-36)46-35-17-7-5-13-28(35)32-23-22-31-27-12-4-6-16-34(27)44-41(31)42(32)46/h1-24,44H. The second kappa shape index (κ2) is 9.47. The van der Waals surface area contributed by atoms with E-state index in [0.29, 0.717) is 5.89 Å². The summed E-state index contributed by atoms with van der Waals surface area (Å²) in [5, 5.41) is 7.00. The van der Waals surface area contributed by atoms with Gasteiger partial charge in [0.1, 0.15) is 16.7 Å². The Morgan fingerprint density at radius 2 is 1.27 bits per heavy atom. The second-order valence-corrected chi connectivity index (χ2v) is 12.4. The van der Waals surface area contributed by atoms with Crippen molar-refractivity contribution in [2.24, 2.45) is 0 Å². The molecule has 224 valence electrons. The number of nitrogens with zero attached hydrogens (tertiary/aromatic N) is 2. The van der Waals surface area contributed by atoms with E-state index in [4.69, 9.17) is 13.8 Å². The summed E-state index contributed by atoms with van der Waals surface area (Å²) in [4.78, 5) is 8.72. The lowest BCUT2D eigenvalue weighted by molar-refractivity contribution is 0.620. The zero-order chi connectivity index (χ0) is 31.3. The fourth-order valence-corrected chi connectivity index (χ4v) is 7.69. The number of aromatic nitrogens is 3. The van der Waals surface area contributed by atoms with Gasteiger partial charge in [0.15, 0.2) is 5.58 Å².